The topological polar surface area (TPSA) is 55.6 Å². The fraction of sp³-hybridized carbons (Fsp3) is 0.923. The van der Waals surface area contributed by atoms with Gasteiger partial charge >= 0.3 is 0 Å². The van der Waals surface area contributed by atoms with Crippen LogP contribution in [0.3, 0.4) is 0 Å². The van der Waals surface area contributed by atoms with Crippen LogP contribution in [0.1, 0.15) is 56.8 Å². The summed E-state index contributed by atoms with van der Waals surface area (Å²) < 4.78 is 0. The highest BCUT2D eigenvalue weighted by molar-refractivity contribution is 4.84. The van der Waals surface area contributed by atoms with Gasteiger partial charge in [-0.05, 0) is 49.9 Å². The third kappa shape index (κ3) is 2.88. The molecule has 0 radical (unpaired) electrons. The van der Waals surface area contributed by atoms with Gasteiger partial charge in [0.2, 0.25) is 0 Å². The van der Waals surface area contributed by atoms with Crippen molar-refractivity contribution >= 4 is 0 Å². The highest BCUT2D eigenvalue weighted by atomic mass is 15.6. The smallest absolute Gasteiger partial charge is 0.175 e. The molecule has 100 valence electrons. The quantitative estimate of drug-likeness (QED) is 0.886. The molecule has 2 aliphatic rings. The second-order valence-corrected chi connectivity index (χ2v) is 5.72. The van der Waals surface area contributed by atoms with Crippen LogP contribution in [0.15, 0.2) is 0 Å². The number of aromatic nitrogens is 4. The van der Waals surface area contributed by atoms with Gasteiger partial charge < -0.3 is 5.32 Å². The Kier molecular flexibility index (Phi) is 3.88. The molecule has 0 amide bonds. The Bertz CT molecular complexity index is 363. The lowest BCUT2D eigenvalue weighted by Crippen LogP contribution is -2.28. The summed E-state index contributed by atoms with van der Waals surface area (Å²) in [6.45, 7) is 2.28. The normalized spacial score (nSPS) is 23.3. The van der Waals surface area contributed by atoms with Crippen molar-refractivity contribution in [2.45, 2.75) is 57.4 Å². The van der Waals surface area contributed by atoms with Gasteiger partial charge in [-0.3, -0.25) is 0 Å². The zero-order valence-corrected chi connectivity index (χ0v) is 11.0. The van der Waals surface area contributed by atoms with Crippen LogP contribution < -0.4 is 5.32 Å². The molecular weight excluding hydrogens is 226 g/mol. The minimum absolute atomic E-state index is 0.507. The first-order valence-corrected chi connectivity index (χ1v) is 7.41. The highest BCUT2D eigenvalue weighted by Gasteiger charge is 2.20. The SMILES string of the molecule is C1CCC(n2nnc(CC3CCNCC3)n2)CC1. The minimum Gasteiger partial charge on any atom is -0.317 e. The Labute approximate surface area is 108 Å². The van der Waals surface area contributed by atoms with Crippen LogP contribution in [0.5, 0.6) is 0 Å². The van der Waals surface area contributed by atoms with Crippen LogP contribution in [0, 0.1) is 5.92 Å². The number of nitrogens with one attached hydrogen (secondary N) is 1. The molecule has 1 aliphatic carbocycles. The number of piperidine rings is 1. The van der Waals surface area contributed by atoms with Crippen molar-refractivity contribution in [3.8, 4) is 0 Å². The van der Waals surface area contributed by atoms with Crippen molar-refractivity contribution in [3.63, 3.8) is 0 Å². The van der Waals surface area contributed by atoms with E-state index in [0.717, 1.165) is 31.3 Å². The van der Waals surface area contributed by atoms with E-state index in [1.807, 2.05) is 4.80 Å². The molecule has 0 bridgehead atoms. The second kappa shape index (κ2) is 5.78. The van der Waals surface area contributed by atoms with Crippen LogP contribution in [0.4, 0.5) is 0 Å². The van der Waals surface area contributed by atoms with Crippen molar-refractivity contribution in [1.82, 2.24) is 25.5 Å². The summed E-state index contributed by atoms with van der Waals surface area (Å²) in [6.07, 6.45) is 9.95. The van der Waals surface area contributed by atoms with Crippen molar-refractivity contribution in [2.75, 3.05) is 13.1 Å². The molecule has 1 N–H and O–H groups in total. The molecule has 1 saturated heterocycles. The van der Waals surface area contributed by atoms with E-state index in [-0.39, 0.29) is 0 Å². The molecule has 18 heavy (non-hydrogen) atoms. The first-order chi connectivity index (χ1) is 8.92. The standard InChI is InChI=1S/C13H23N5/c1-2-4-12(5-3-1)18-16-13(15-17-18)10-11-6-8-14-9-7-11/h11-12,14H,1-10H2. The molecule has 2 heterocycles. The molecule has 5 heteroatoms. The number of tetrazole rings is 1. The Morgan fingerprint density at radius 2 is 1.83 bits per heavy atom. The molecule has 1 aromatic rings. The van der Waals surface area contributed by atoms with Gasteiger partial charge in [-0.2, -0.15) is 4.80 Å². The lowest BCUT2D eigenvalue weighted by Gasteiger charge is -2.21. The maximum absolute atomic E-state index is 4.60. The van der Waals surface area contributed by atoms with Gasteiger partial charge in [-0.15, -0.1) is 10.2 Å². The molecule has 1 aliphatic heterocycles. The van der Waals surface area contributed by atoms with E-state index in [9.17, 15) is 0 Å². The van der Waals surface area contributed by atoms with Gasteiger partial charge in [0.15, 0.2) is 5.82 Å². The Morgan fingerprint density at radius 3 is 2.61 bits per heavy atom. The first kappa shape index (κ1) is 12.1. The summed E-state index contributed by atoms with van der Waals surface area (Å²) in [5, 5.41) is 16.5. The van der Waals surface area contributed by atoms with E-state index >= 15 is 0 Å². The van der Waals surface area contributed by atoms with Crippen molar-refractivity contribution < 1.29 is 0 Å². The van der Waals surface area contributed by atoms with Gasteiger partial charge in [-0.25, -0.2) is 0 Å². The fourth-order valence-corrected chi connectivity index (χ4v) is 3.15. The molecule has 0 unspecified atom stereocenters. The number of rotatable bonds is 3. The zero-order valence-electron chi connectivity index (χ0n) is 11.0. The zero-order chi connectivity index (χ0) is 12.2. The summed E-state index contributed by atoms with van der Waals surface area (Å²) in [6, 6.07) is 0.507. The summed E-state index contributed by atoms with van der Waals surface area (Å²) >= 11 is 0. The molecule has 0 spiro atoms. The molecule has 5 nitrogen and oxygen atoms in total. The fourth-order valence-electron chi connectivity index (χ4n) is 3.15. The third-order valence-electron chi connectivity index (χ3n) is 4.30. The predicted octanol–water partition coefficient (Wildman–Crippen LogP) is 1.72. The van der Waals surface area contributed by atoms with Crippen LogP contribution in [0.2, 0.25) is 0 Å². The van der Waals surface area contributed by atoms with Gasteiger partial charge in [-0.1, -0.05) is 19.3 Å². The Morgan fingerprint density at radius 1 is 1.06 bits per heavy atom. The maximum atomic E-state index is 4.60. The number of hydrogen-bond acceptors (Lipinski definition) is 4. The van der Waals surface area contributed by atoms with Gasteiger partial charge in [0.05, 0.1) is 6.04 Å². The van der Waals surface area contributed by atoms with E-state index in [2.05, 4.69) is 20.7 Å². The van der Waals surface area contributed by atoms with Crippen LogP contribution in [-0.2, 0) is 6.42 Å². The van der Waals surface area contributed by atoms with E-state index in [0.29, 0.717) is 6.04 Å². The van der Waals surface area contributed by atoms with Crippen LogP contribution in [-0.4, -0.2) is 33.3 Å². The lowest BCUT2D eigenvalue weighted by molar-refractivity contribution is 0.295. The molecule has 0 aromatic carbocycles. The molecule has 3 rings (SSSR count). The summed E-state index contributed by atoms with van der Waals surface area (Å²) in [4.78, 5) is 1.88. The summed E-state index contributed by atoms with van der Waals surface area (Å²) in [7, 11) is 0. The maximum Gasteiger partial charge on any atom is 0.175 e. The summed E-state index contributed by atoms with van der Waals surface area (Å²) in [5.41, 5.74) is 0. The highest BCUT2D eigenvalue weighted by Crippen LogP contribution is 2.26. The lowest BCUT2D eigenvalue weighted by atomic mass is 9.94. The van der Waals surface area contributed by atoms with E-state index < -0.39 is 0 Å². The molecule has 2 fully saturated rings. The number of nitrogens with zero attached hydrogens (tertiary/aromatic N) is 4. The summed E-state index contributed by atoms with van der Waals surface area (Å²) in [5.74, 6) is 1.70. The van der Waals surface area contributed by atoms with Crippen molar-refractivity contribution in [2.24, 2.45) is 5.92 Å². The van der Waals surface area contributed by atoms with Gasteiger partial charge in [0.25, 0.3) is 0 Å². The second-order valence-electron chi connectivity index (χ2n) is 5.72. The average Bonchev–Trinajstić information content (AvgIpc) is 2.89. The van der Waals surface area contributed by atoms with E-state index in [1.54, 1.807) is 0 Å². The van der Waals surface area contributed by atoms with Crippen molar-refractivity contribution in [3.05, 3.63) is 5.82 Å². The molecule has 0 atom stereocenters. The predicted molar refractivity (Wildman–Crippen MR) is 69.2 cm³/mol. The van der Waals surface area contributed by atoms with Gasteiger partial charge in [0, 0.05) is 6.42 Å². The van der Waals surface area contributed by atoms with Gasteiger partial charge in [0.1, 0.15) is 0 Å². The number of hydrogen-bond donors (Lipinski definition) is 1. The average molecular weight is 249 g/mol. The van der Waals surface area contributed by atoms with Crippen molar-refractivity contribution in [1.29, 1.82) is 0 Å². The van der Waals surface area contributed by atoms with Crippen LogP contribution in [0.25, 0.3) is 0 Å². The van der Waals surface area contributed by atoms with Crippen LogP contribution >= 0.6 is 0 Å². The Balaban J connectivity index is 1.58. The molecule has 1 saturated carbocycles. The molecular formula is C13H23N5. The van der Waals surface area contributed by atoms with E-state index in [4.69, 9.17) is 0 Å². The molecule has 1 aromatic heterocycles. The first-order valence-electron chi connectivity index (χ1n) is 7.41. The third-order valence-corrected chi connectivity index (χ3v) is 4.30. The van der Waals surface area contributed by atoms with E-state index in [1.165, 1.54) is 44.9 Å². The minimum atomic E-state index is 0.507. The Hall–Kier alpha value is -0.970. The largest absolute Gasteiger partial charge is 0.317 e. The monoisotopic (exact) mass is 249 g/mol.